The zero-order valence-electron chi connectivity index (χ0n) is 16.4. The van der Waals surface area contributed by atoms with E-state index in [9.17, 15) is 4.79 Å². The molecule has 0 spiro atoms. The molecule has 144 valence electrons. The summed E-state index contributed by atoms with van der Waals surface area (Å²) >= 11 is 0. The SMILES string of the molecule is Cc1cc2ncn(C[C@H](NC(=O)[C@H]3C[C@H]3c3cccnc3)C3CC3)c2cc1C. The van der Waals surface area contributed by atoms with Crippen LogP contribution >= 0.6 is 0 Å². The lowest BCUT2D eigenvalue weighted by Crippen LogP contribution is -2.40. The fourth-order valence-corrected chi connectivity index (χ4v) is 4.22. The average molecular weight is 374 g/mol. The van der Waals surface area contributed by atoms with Crippen molar-refractivity contribution in [3.63, 3.8) is 0 Å². The van der Waals surface area contributed by atoms with Gasteiger partial charge in [0.25, 0.3) is 0 Å². The summed E-state index contributed by atoms with van der Waals surface area (Å²) in [6, 6.07) is 8.56. The van der Waals surface area contributed by atoms with Gasteiger partial charge in [-0.2, -0.15) is 0 Å². The first-order valence-corrected chi connectivity index (χ1v) is 10.2. The first-order valence-electron chi connectivity index (χ1n) is 10.2. The van der Waals surface area contributed by atoms with Gasteiger partial charge in [0.15, 0.2) is 0 Å². The number of aryl methyl sites for hydroxylation is 2. The summed E-state index contributed by atoms with van der Waals surface area (Å²) in [5, 5.41) is 3.36. The number of benzene rings is 1. The number of fused-ring (bicyclic) bond motifs is 1. The Hall–Kier alpha value is -2.69. The maximum absolute atomic E-state index is 12.9. The minimum atomic E-state index is 0.0925. The molecule has 1 aromatic carbocycles. The highest BCUT2D eigenvalue weighted by Gasteiger charge is 2.45. The van der Waals surface area contributed by atoms with E-state index in [1.165, 1.54) is 29.5 Å². The molecule has 3 aromatic rings. The number of amides is 1. The molecule has 2 aliphatic carbocycles. The van der Waals surface area contributed by atoms with Crippen LogP contribution in [0.15, 0.2) is 43.0 Å². The average Bonchev–Trinajstić information content (AvgIpc) is 3.61. The molecule has 0 unspecified atom stereocenters. The third-order valence-corrected chi connectivity index (χ3v) is 6.39. The predicted octanol–water partition coefficient (Wildman–Crippen LogP) is 3.75. The molecule has 2 saturated carbocycles. The van der Waals surface area contributed by atoms with Gasteiger partial charge in [0, 0.05) is 30.9 Å². The van der Waals surface area contributed by atoms with Crippen molar-refractivity contribution < 1.29 is 4.79 Å². The number of rotatable bonds is 6. The third kappa shape index (κ3) is 3.30. The Labute approximate surface area is 165 Å². The maximum Gasteiger partial charge on any atom is 0.224 e. The lowest BCUT2D eigenvalue weighted by atomic mass is 10.1. The van der Waals surface area contributed by atoms with Crippen LogP contribution in [0.1, 0.15) is 41.9 Å². The minimum absolute atomic E-state index is 0.0925. The summed E-state index contributed by atoms with van der Waals surface area (Å²) in [6.07, 6.45) is 8.92. The summed E-state index contributed by atoms with van der Waals surface area (Å²) in [5.41, 5.74) is 5.90. The van der Waals surface area contributed by atoms with Crippen LogP contribution in [0.25, 0.3) is 11.0 Å². The molecule has 0 radical (unpaired) electrons. The molecule has 2 aliphatic rings. The monoisotopic (exact) mass is 374 g/mol. The van der Waals surface area contributed by atoms with Gasteiger partial charge in [-0.1, -0.05) is 6.07 Å². The standard InChI is InChI=1S/C23H26N4O/c1-14-8-20-22(9-15(14)2)27(13-25-20)12-21(16-5-6-16)26-23(28)19-10-18(19)17-4-3-7-24-11-17/h3-4,7-9,11,13,16,18-19,21H,5-6,10,12H2,1-2H3,(H,26,28)/t18-,19-,21-/m0/s1. The van der Waals surface area contributed by atoms with E-state index in [1.54, 1.807) is 6.20 Å². The van der Waals surface area contributed by atoms with E-state index in [0.717, 1.165) is 24.0 Å². The van der Waals surface area contributed by atoms with Crippen LogP contribution in [0, 0.1) is 25.7 Å². The van der Waals surface area contributed by atoms with Gasteiger partial charge in [-0.05, 0) is 79.8 Å². The van der Waals surface area contributed by atoms with Gasteiger partial charge >= 0.3 is 0 Å². The Kier molecular flexibility index (Phi) is 4.18. The second kappa shape index (κ2) is 6.73. The fraction of sp³-hybridized carbons (Fsp3) is 0.435. The minimum Gasteiger partial charge on any atom is -0.351 e. The van der Waals surface area contributed by atoms with E-state index in [1.807, 2.05) is 18.6 Å². The van der Waals surface area contributed by atoms with Gasteiger partial charge in [0.2, 0.25) is 5.91 Å². The second-order valence-corrected chi connectivity index (χ2v) is 8.51. The number of carbonyl (C=O) groups excluding carboxylic acids is 1. The molecule has 5 nitrogen and oxygen atoms in total. The van der Waals surface area contributed by atoms with Crippen molar-refractivity contribution in [3.05, 3.63) is 59.7 Å². The Bertz CT molecular complexity index is 1020. The van der Waals surface area contributed by atoms with Crippen LogP contribution < -0.4 is 5.32 Å². The fourth-order valence-electron chi connectivity index (χ4n) is 4.22. The molecule has 5 rings (SSSR count). The van der Waals surface area contributed by atoms with Crippen LogP contribution in [0.5, 0.6) is 0 Å². The first-order chi connectivity index (χ1) is 13.6. The van der Waals surface area contributed by atoms with Gasteiger partial charge in [0.05, 0.1) is 17.4 Å². The number of nitrogens with zero attached hydrogens (tertiary/aromatic N) is 3. The van der Waals surface area contributed by atoms with Gasteiger partial charge in [-0.3, -0.25) is 9.78 Å². The molecule has 2 fully saturated rings. The van der Waals surface area contributed by atoms with Crippen molar-refractivity contribution in [2.24, 2.45) is 11.8 Å². The van der Waals surface area contributed by atoms with Gasteiger partial charge in [0.1, 0.15) is 0 Å². The van der Waals surface area contributed by atoms with Crippen LogP contribution in [0.4, 0.5) is 0 Å². The number of carbonyl (C=O) groups is 1. The van der Waals surface area contributed by atoms with E-state index in [0.29, 0.717) is 11.8 Å². The smallest absolute Gasteiger partial charge is 0.224 e. The van der Waals surface area contributed by atoms with E-state index in [4.69, 9.17) is 0 Å². The molecule has 0 aliphatic heterocycles. The number of aromatic nitrogens is 3. The van der Waals surface area contributed by atoms with Gasteiger partial charge < -0.3 is 9.88 Å². The van der Waals surface area contributed by atoms with Gasteiger partial charge in [-0.15, -0.1) is 0 Å². The van der Waals surface area contributed by atoms with Crippen LogP contribution in [-0.2, 0) is 11.3 Å². The summed E-state index contributed by atoms with van der Waals surface area (Å²) in [5.74, 6) is 1.20. The number of pyridine rings is 1. The molecule has 5 heteroatoms. The molecule has 2 heterocycles. The van der Waals surface area contributed by atoms with Crippen molar-refractivity contribution in [3.8, 4) is 0 Å². The van der Waals surface area contributed by atoms with Crippen LogP contribution in [0.3, 0.4) is 0 Å². The summed E-state index contributed by atoms with van der Waals surface area (Å²) in [6.45, 7) is 5.05. The Morgan fingerprint density at radius 2 is 2.11 bits per heavy atom. The number of hydrogen-bond acceptors (Lipinski definition) is 3. The predicted molar refractivity (Wildman–Crippen MR) is 109 cm³/mol. The van der Waals surface area contributed by atoms with Crippen LogP contribution in [-0.4, -0.2) is 26.5 Å². The zero-order valence-corrected chi connectivity index (χ0v) is 16.4. The second-order valence-electron chi connectivity index (χ2n) is 8.51. The quantitative estimate of drug-likeness (QED) is 0.715. The van der Waals surface area contributed by atoms with E-state index >= 15 is 0 Å². The molecule has 1 N–H and O–H groups in total. The molecular weight excluding hydrogens is 348 g/mol. The molecule has 0 saturated heterocycles. The van der Waals surface area contributed by atoms with E-state index in [-0.39, 0.29) is 17.9 Å². The highest BCUT2D eigenvalue weighted by molar-refractivity contribution is 5.83. The van der Waals surface area contributed by atoms with Crippen molar-refractivity contribution >= 4 is 16.9 Å². The molecule has 2 aromatic heterocycles. The zero-order chi connectivity index (χ0) is 19.3. The normalized spacial score (nSPS) is 22.2. The summed E-state index contributed by atoms with van der Waals surface area (Å²) < 4.78 is 2.20. The summed E-state index contributed by atoms with van der Waals surface area (Å²) in [4.78, 5) is 21.6. The molecule has 1 amide bonds. The molecule has 3 atom stereocenters. The van der Waals surface area contributed by atoms with Crippen molar-refractivity contribution in [1.29, 1.82) is 0 Å². The first kappa shape index (κ1) is 17.4. The Morgan fingerprint density at radius 1 is 1.29 bits per heavy atom. The van der Waals surface area contributed by atoms with Gasteiger partial charge in [-0.25, -0.2) is 4.98 Å². The lowest BCUT2D eigenvalue weighted by Gasteiger charge is -2.20. The Balaban J connectivity index is 1.30. The summed E-state index contributed by atoms with van der Waals surface area (Å²) in [7, 11) is 0. The van der Waals surface area contributed by atoms with E-state index < -0.39 is 0 Å². The lowest BCUT2D eigenvalue weighted by molar-refractivity contribution is -0.123. The third-order valence-electron chi connectivity index (χ3n) is 6.39. The van der Waals surface area contributed by atoms with Crippen molar-refractivity contribution in [1.82, 2.24) is 19.9 Å². The maximum atomic E-state index is 12.9. The molecule has 0 bridgehead atoms. The number of imidazole rings is 1. The Morgan fingerprint density at radius 3 is 2.86 bits per heavy atom. The van der Waals surface area contributed by atoms with Crippen LogP contribution in [0.2, 0.25) is 0 Å². The van der Waals surface area contributed by atoms with Crippen molar-refractivity contribution in [2.75, 3.05) is 0 Å². The highest BCUT2D eigenvalue weighted by atomic mass is 16.2. The highest BCUT2D eigenvalue weighted by Crippen LogP contribution is 2.47. The van der Waals surface area contributed by atoms with Crippen molar-refractivity contribution in [2.45, 2.75) is 51.6 Å². The largest absolute Gasteiger partial charge is 0.351 e. The topological polar surface area (TPSA) is 59.8 Å². The van der Waals surface area contributed by atoms with E-state index in [2.05, 4.69) is 51.9 Å². The number of nitrogens with one attached hydrogen (secondary N) is 1. The molecule has 28 heavy (non-hydrogen) atoms. The number of hydrogen-bond donors (Lipinski definition) is 1. The molecular formula is C23H26N4O.